The van der Waals surface area contributed by atoms with Gasteiger partial charge in [0.2, 0.25) is 0 Å². The molecule has 21 aromatic carbocycles. The fourth-order valence-corrected chi connectivity index (χ4v) is 23.8. The van der Waals surface area contributed by atoms with E-state index < -0.39 is 0 Å². The predicted octanol–water partition coefficient (Wildman–Crippen LogP) is 32.2. The van der Waals surface area contributed by atoms with Gasteiger partial charge in [0.15, 0.2) is 0 Å². The lowest BCUT2D eigenvalue weighted by Crippen LogP contribution is -1.98. The summed E-state index contributed by atoms with van der Waals surface area (Å²) in [6, 6.07) is 171. The number of nitrogens with zero attached hydrogens (tertiary/aromatic N) is 15. The summed E-state index contributed by atoms with van der Waals surface area (Å²) in [5, 5.41) is 80.2. The normalized spacial score (nSPS) is 11.6. The van der Waals surface area contributed by atoms with E-state index >= 15 is 0 Å². The maximum absolute atomic E-state index is 10.9. The summed E-state index contributed by atoms with van der Waals surface area (Å²) in [6.45, 7) is 0. The number of rotatable bonds is 9. The first-order valence-corrected chi connectivity index (χ1v) is 48.7. The number of para-hydroxylation sites is 11. The molecule has 0 aliphatic heterocycles. The molecule has 0 radical (unpaired) electrons. The molecule has 0 N–H and O–H groups in total. The highest BCUT2D eigenvalue weighted by Gasteiger charge is 2.32. The van der Waals surface area contributed by atoms with E-state index in [4.69, 9.17) is 0 Å². The van der Waals surface area contributed by atoms with Crippen LogP contribution in [0.25, 0.3) is 247 Å². The van der Waals surface area contributed by atoms with Crippen molar-refractivity contribution in [2.45, 2.75) is 0 Å². The van der Waals surface area contributed by atoms with Crippen LogP contribution in [0.5, 0.6) is 0 Å². The summed E-state index contributed by atoms with van der Waals surface area (Å²) in [7, 11) is 0. The average molecular weight is 1870 g/mol. The topological polar surface area (TPSA) is 187 Å². The highest BCUT2D eigenvalue weighted by Crippen LogP contribution is 2.53. The Morgan fingerprint density at radius 3 is 0.769 bits per heavy atom. The smallest absolute Gasteiger partial charge is 0.101 e. The first-order chi connectivity index (χ1) is 72.8. The van der Waals surface area contributed by atoms with Gasteiger partial charge >= 0.3 is 0 Å². The molecule has 30 aromatic rings. The van der Waals surface area contributed by atoms with Gasteiger partial charge in [0.1, 0.15) is 6.07 Å². The third-order valence-corrected chi connectivity index (χ3v) is 29.6. The second kappa shape index (κ2) is 33.2. The van der Waals surface area contributed by atoms with Crippen molar-refractivity contribution in [2.75, 3.05) is 0 Å². The Hall–Kier alpha value is -21.2. The maximum Gasteiger partial charge on any atom is 0.101 e. The molecule has 0 saturated heterocycles. The molecule has 147 heavy (non-hydrogen) atoms. The summed E-state index contributed by atoms with van der Waals surface area (Å²) in [4.78, 5) is 0. The van der Waals surface area contributed by atoms with Crippen molar-refractivity contribution in [3.63, 3.8) is 0 Å². The van der Waals surface area contributed by atoms with Crippen LogP contribution in [0.3, 0.4) is 0 Å². The number of hydrogen-bond acceptors (Lipinski definition) is 6. The molecule has 9 heterocycles. The second-order valence-corrected chi connectivity index (χ2v) is 37.2. The molecular formula is C132H75N15. The van der Waals surface area contributed by atoms with Crippen molar-refractivity contribution in [3.8, 4) is 87.6 Å². The van der Waals surface area contributed by atoms with Crippen molar-refractivity contribution >= 4 is 196 Å². The molecule has 9 aromatic heterocycles. The summed E-state index contributed by atoms with van der Waals surface area (Å²) >= 11 is 0. The molecule has 0 spiro atoms. The number of hydrogen-bond donors (Lipinski definition) is 0. The van der Waals surface area contributed by atoms with E-state index in [1.54, 1.807) is 0 Å². The van der Waals surface area contributed by atoms with Crippen LogP contribution in [0.4, 0.5) is 0 Å². The lowest BCUT2D eigenvalue weighted by Gasteiger charge is -2.12. The number of aromatic nitrogens is 9. The molecular weight excluding hydrogens is 1800 g/mol. The molecule has 0 fully saturated rings. The minimum atomic E-state index is 0.572. The highest BCUT2D eigenvalue weighted by molar-refractivity contribution is 6.36. The Balaban J connectivity index is 0.000000107. The minimum Gasteiger partial charge on any atom is -0.309 e. The summed E-state index contributed by atoms with van der Waals surface area (Å²) in [6.07, 6.45) is 0. The summed E-state index contributed by atoms with van der Waals surface area (Å²) in [5.74, 6) is 0. The Labute approximate surface area is 839 Å². The quantitative estimate of drug-likeness (QED) is 0.138. The first-order valence-electron chi connectivity index (χ1n) is 48.7. The lowest BCUT2D eigenvalue weighted by molar-refractivity contribution is 1.16. The van der Waals surface area contributed by atoms with E-state index in [0.29, 0.717) is 33.4 Å². The van der Waals surface area contributed by atoms with Crippen LogP contribution in [-0.2, 0) is 0 Å². The van der Waals surface area contributed by atoms with Crippen molar-refractivity contribution in [1.29, 1.82) is 31.6 Å². The molecule has 0 atom stereocenters. The van der Waals surface area contributed by atoms with Gasteiger partial charge in [0.05, 0.1) is 169 Å². The SMILES string of the molecule is N#Cc1ccc(-n2c3cc(C#N)ccc3c3c2ccc2c4ccc5c(c6ccccc6n5-c5ccccc5)c4n(-c4ccccc4)c23)cc1.N#Cc1cccc(-n2c3ccccc3c3c2ccc2c4ccc5c(c6ccccc6n5-c5cccc(C#N)c5)c4n(-c4ccccc4)c23)c1.N#Cc1ccccc1-n1c2ccccc2c2c1cc(C#N)c1c3ccc4c(c5ccccc5n4-c4ccccc4)c3n(-c3ccccc3)c12. The van der Waals surface area contributed by atoms with E-state index in [2.05, 4.69) is 411 Å². The largest absolute Gasteiger partial charge is 0.309 e. The Morgan fingerprint density at radius 1 is 0.129 bits per heavy atom. The van der Waals surface area contributed by atoms with Gasteiger partial charge in [-0.1, -0.05) is 243 Å². The Bertz CT molecular complexity index is 11000. The van der Waals surface area contributed by atoms with Gasteiger partial charge in [0, 0.05) is 142 Å². The molecule has 678 valence electrons. The molecule has 30 rings (SSSR count). The Morgan fingerprint density at radius 2 is 0.395 bits per heavy atom. The molecule has 0 aliphatic rings. The van der Waals surface area contributed by atoms with Gasteiger partial charge in [-0.25, -0.2) is 0 Å². The monoisotopic (exact) mass is 1870 g/mol. The number of fused-ring (bicyclic) bond motifs is 33. The minimum absolute atomic E-state index is 0.572. The zero-order valence-electron chi connectivity index (χ0n) is 78.5. The van der Waals surface area contributed by atoms with Gasteiger partial charge in [-0.2, -0.15) is 31.6 Å². The molecule has 15 nitrogen and oxygen atoms in total. The molecule has 0 aliphatic carbocycles. The first kappa shape index (κ1) is 83.9. The zero-order chi connectivity index (χ0) is 97.9. The standard InChI is InChI=1S/3C44H25N5/c45-26-28-13-7-10-20-35(28)49-37-22-12-9-19-33(37)42-39(49)25-29(27-46)40-34-23-24-38-41(43(34)48(44(40)42)31-16-5-2-6-17-31)32-18-8-11-21-36(32)47(38)30-14-3-1-4-15-30;45-26-28-15-18-32(19-16-28)48-39-24-22-34-33-21-23-38-41(35-13-7-8-14-37(35)47(38)30-9-3-1-4-10-30)43(33)49(31-11-5-2-6-12-31)44(34)42(39)36-20-17-29(27-46)25-40(36)48;45-26-28-10-8-14-31(24-28)47-37-18-6-4-16-35(37)41-39(47)22-20-33-34-21-23-40-42(44(34)49(43(33)41)30-12-2-1-3-13-30)36-17-5-7-19-38(36)48(40)32-15-9-11-29(25-32)27-46/h3*1-25H. The van der Waals surface area contributed by atoms with E-state index in [1.165, 1.54) is 26.9 Å². The fraction of sp³-hybridized carbons (Fsp3) is 0. The van der Waals surface area contributed by atoms with Crippen LogP contribution in [0.2, 0.25) is 0 Å². The molecule has 0 amide bonds. The van der Waals surface area contributed by atoms with Crippen LogP contribution in [0, 0.1) is 68.0 Å². The predicted molar refractivity (Wildman–Crippen MR) is 597 cm³/mol. The van der Waals surface area contributed by atoms with Gasteiger partial charge in [-0.3, -0.25) is 0 Å². The van der Waals surface area contributed by atoms with Crippen LogP contribution in [-0.4, -0.2) is 41.1 Å². The lowest BCUT2D eigenvalue weighted by atomic mass is 10.0. The molecule has 0 bridgehead atoms. The van der Waals surface area contributed by atoms with E-state index in [0.717, 1.165) is 221 Å². The number of benzene rings is 21. The van der Waals surface area contributed by atoms with E-state index in [9.17, 15) is 31.6 Å². The zero-order valence-corrected chi connectivity index (χ0v) is 78.5. The van der Waals surface area contributed by atoms with Crippen LogP contribution in [0.15, 0.2) is 455 Å². The molecule has 15 heteroatoms. The van der Waals surface area contributed by atoms with Crippen molar-refractivity contribution in [3.05, 3.63) is 488 Å². The van der Waals surface area contributed by atoms with Crippen LogP contribution >= 0.6 is 0 Å². The van der Waals surface area contributed by atoms with Gasteiger partial charge in [-0.15, -0.1) is 0 Å². The third-order valence-electron chi connectivity index (χ3n) is 29.6. The second-order valence-electron chi connectivity index (χ2n) is 37.2. The molecule has 0 saturated carbocycles. The summed E-state index contributed by atoms with van der Waals surface area (Å²) < 4.78 is 20.9. The maximum atomic E-state index is 10.9. The van der Waals surface area contributed by atoms with Gasteiger partial charge in [-0.05, 0) is 212 Å². The molecule has 0 unspecified atom stereocenters. The fourth-order valence-electron chi connectivity index (χ4n) is 23.8. The van der Waals surface area contributed by atoms with E-state index in [-0.39, 0.29) is 0 Å². The van der Waals surface area contributed by atoms with Crippen LogP contribution in [0.1, 0.15) is 33.4 Å². The Kier molecular flexibility index (Phi) is 19.0. The van der Waals surface area contributed by atoms with Gasteiger partial charge in [0.25, 0.3) is 0 Å². The third kappa shape index (κ3) is 12.4. The average Bonchev–Trinajstić information content (AvgIpc) is 1.52. The van der Waals surface area contributed by atoms with Gasteiger partial charge < -0.3 is 41.1 Å². The van der Waals surface area contributed by atoms with E-state index in [1.807, 2.05) is 121 Å². The van der Waals surface area contributed by atoms with Crippen LogP contribution < -0.4 is 0 Å². The van der Waals surface area contributed by atoms with Crippen molar-refractivity contribution in [2.24, 2.45) is 0 Å². The summed E-state index contributed by atoms with van der Waals surface area (Å²) in [5.41, 5.74) is 31.9. The van der Waals surface area contributed by atoms with Crippen molar-refractivity contribution < 1.29 is 0 Å². The van der Waals surface area contributed by atoms with Crippen molar-refractivity contribution in [1.82, 2.24) is 41.1 Å². The highest BCUT2D eigenvalue weighted by atomic mass is 15.1. The number of nitriles is 6.